The van der Waals surface area contributed by atoms with Crippen molar-refractivity contribution in [1.82, 2.24) is 0 Å². The normalized spacial score (nSPS) is 28.4. The largest absolute Gasteiger partial charge is 0.388 e. The van der Waals surface area contributed by atoms with Gasteiger partial charge in [-0.25, -0.2) is 0 Å². The van der Waals surface area contributed by atoms with Crippen LogP contribution in [-0.4, -0.2) is 5.11 Å². The Morgan fingerprint density at radius 2 is 1.62 bits per heavy atom. The molecule has 2 aliphatic carbocycles. The van der Waals surface area contributed by atoms with E-state index < -0.39 is 0 Å². The molecule has 0 heterocycles. The number of rotatable bonds is 0. The van der Waals surface area contributed by atoms with Crippen molar-refractivity contribution in [3.63, 3.8) is 0 Å². The molecule has 1 nitrogen and oxygen atoms in total. The van der Waals surface area contributed by atoms with E-state index in [9.17, 15) is 5.11 Å². The number of aryl methyl sites for hydroxylation is 2. The van der Waals surface area contributed by atoms with Crippen LogP contribution >= 0.6 is 0 Å². The van der Waals surface area contributed by atoms with Gasteiger partial charge in [-0.2, -0.15) is 0 Å². The zero-order valence-corrected chi connectivity index (χ0v) is 10.00. The Labute approximate surface area is 97.5 Å². The highest BCUT2D eigenvalue weighted by Crippen LogP contribution is 2.39. The van der Waals surface area contributed by atoms with Gasteiger partial charge < -0.3 is 5.11 Å². The summed E-state index contributed by atoms with van der Waals surface area (Å²) in [7, 11) is 0. The van der Waals surface area contributed by atoms with E-state index in [0.717, 1.165) is 12.8 Å². The maximum Gasteiger partial charge on any atom is 0.0793 e. The summed E-state index contributed by atoms with van der Waals surface area (Å²) in [5.41, 5.74) is 5.68. The molecule has 2 atom stereocenters. The van der Waals surface area contributed by atoms with E-state index in [1.165, 1.54) is 42.4 Å². The molecule has 1 heteroatoms. The predicted molar refractivity (Wildman–Crippen MR) is 65.7 cm³/mol. The summed E-state index contributed by atoms with van der Waals surface area (Å²) < 4.78 is 0. The van der Waals surface area contributed by atoms with Crippen molar-refractivity contribution in [1.29, 1.82) is 0 Å². The first-order valence-electron chi connectivity index (χ1n) is 6.59. The van der Waals surface area contributed by atoms with Crippen molar-refractivity contribution in [2.24, 2.45) is 0 Å². The van der Waals surface area contributed by atoms with Gasteiger partial charge in [0.1, 0.15) is 0 Å². The molecule has 1 aromatic carbocycles. The Kier molecular flexibility index (Phi) is 2.51. The maximum absolute atomic E-state index is 10.1. The molecule has 0 bridgehead atoms. The molecular formula is C15H20O. The van der Waals surface area contributed by atoms with Crippen LogP contribution in [0.5, 0.6) is 0 Å². The molecule has 0 fully saturated rings. The summed E-state index contributed by atoms with van der Waals surface area (Å²) in [4.78, 5) is 0. The van der Waals surface area contributed by atoms with Crippen LogP contribution in [0.25, 0.3) is 0 Å². The molecule has 2 aliphatic rings. The fourth-order valence-corrected chi connectivity index (χ4v) is 3.26. The second kappa shape index (κ2) is 3.89. The smallest absolute Gasteiger partial charge is 0.0793 e. The van der Waals surface area contributed by atoms with E-state index in [-0.39, 0.29) is 6.10 Å². The summed E-state index contributed by atoms with van der Waals surface area (Å²) in [6, 6.07) is 4.68. The molecule has 0 saturated heterocycles. The number of fused-ring (bicyclic) bond motifs is 2. The molecule has 0 amide bonds. The third-order valence-corrected chi connectivity index (χ3v) is 4.31. The topological polar surface area (TPSA) is 20.2 Å². The third kappa shape index (κ3) is 1.58. The molecule has 0 aliphatic heterocycles. The van der Waals surface area contributed by atoms with E-state index in [1.54, 1.807) is 5.56 Å². The molecule has 2 unspecified atom stereocenters. The fraction of sp³-hybridized carbons (Fsp3) is 0.600. The third-order valence-electron chi connectivity index (χ3n) is 4.31. The molecule has 1 N–H and O–H groups in total. The lowest BCUT2D eigenvalue weighted by Gasteiger charge is -2.29. The van der Waals surface area contributed by atoms with Crippen LogP contribution in [0, 0.1) is 0 Å². The lowest BCUT2D eigenvalue weighted by Crippen LogP contribution is -2.15. The first kappa shape index (κ1) is 10.3. The van der Waals surface area contributed by atoms with Crippen LogP contribution in [-0.2, 0) is 12.8 Å². The lowest BCUT2D eigenvalue weighted by molar-refractivity contribution is 0.151. The van der Waals surface area contributed by atoms with Crippen LogP contribution in [0.4, 0.5) is 0 Å². The van der Waals surface area contributed by atoms with E-state index in [1.807, 2.05) is 0 Å². The zero-order valence-electron chi connectivity index (χ0n) is 10.00. The standard InChI is InChI=1S/C15H20O/c1-10-6-7-15(16)14-9-12-5-3-2-4-11(12)8-13(10)14/h8-10,15-16H,2-7H2,1H3. The SMILES string of the molecule is CC1CCC(O)c2cc3c(cc21)CCCC3. The van der Waals surface area contributed by atoms with Crippen LogP contribution in [0.1, 0.15) is 66.9 Å². The van der Waals surface area contributed by atoms with Crippen molar-refractivity contribution in [3.05, 3.63) is 34.4 Å². The number of hydrogen-bond acceptors (Lipinski definition) is 1. The van der Waals surface area contributed by atoms with Gasteiger partial charge in [0.25, 0.3) is 0 Å². The monoisotopic (exact) mass is 216 g/mol. The van der Waals surface area contributed by atoms with Crippen molar-refractivity contribution >= 4 is 0 Å². The highest BCUT2D eigenvalue weighted by atomic mass is 16.3. The molecule has 86 valence electrons. The summed E-state index contributed by atoms with van der Waals surface area (Å²) in [5, 5.41) is 10.1. The van der Waals surface area contributed by atoms with Gasteiger partial charge in [-0.3, -0.25) is 0 Å². The Hall–Kier alpha value is -0.820. The van der Waals surface area contributed by atoms with Gasteiger partial charge in [-0.1, -0.05) is 19.1 Å². The Bertz CT molecular complexity index is 369. The summed E-state index contributed by atoms with van der Waals surface area (Å²) in [5.74, 6) is 0.630. The van der Waals surface area contributed by atoms with Crippen molar-refractivity contribution in [3.8, 4) is 0 Å². The molecule has 0 saturated carbocycles. The predicted octanol–water partition coefficient (Wildman–Crippen LogP) is 3.50. The van der Waals surface area contributed by atoms with E-state index in [0.29, 0.717) is 5.92 Å². The number of aliphatic hydroxyl groups excluding tert-OH is 1. The van der Waals surface area contributed by atoms with E-state index in [2.05, 4.69) is 19.1 Å². The van der Waals surface area contributed by atoms with Crippen molar-refractivity contribution < 1.29 is 5.11 Å². The maximum atomic E-state index is 10.1. The molecule has 3 rings (SSSR count). The highest BCUT2D eigenvalue weighted by molar-refractivity contribution is 5.43. The van der Waals surface area contributed by atoms with Crippen LogP contribution in [0.3, 0.4) is 0 Å². The number of benzene rings is 1. The van der Waals surface area contributed by atoms with Crippen LogP contribution in [0.15, 0.2) is 12.1 Å². The second-order valence-corrected chi connectivity index (χ2v) is 5.45. The summed E-state index contributed by atoms with van der Waals surface area (Å²) in [6.07, 6.45) is 6.97. The summed E-state index contributed by atoms with van der Waals surface area (Å²) in [6.45, 7) is 2.29. The minimum Gasteiger partial charge on any atom is -0.388 e. The summed E-state index contributed by atoms with van der Waals surface area (Å²) >= 11 is 0. The Morgan fingerprint density at radius 3 is 2.31 bits per heavy atom. The number of aliphatic hydroxyl groups is 1. The lowest BCUT2D eigenvalue weighted by atomic mass is 9.78. The van der Waals surface area contributed by atoms with Crippen molar-refractivity contribution in [2.45, 2.75) is 57.5 Å². The number of hydrogen-bond donors (Lipinski definition) is 1. The molecule has 0 aromatic heterocycles. The van der Waals surface area contributed by atoms with Gasteiger partial charge in [-0.15, -0.1) is 0 Å². The molecule has 1 aromatic rings. The quantitative estimate of drug-likeness (QED) is 0.703. The average molecular weight is 216 g/mol. The van der Waals surface area contributed by atoms with Gasteiger partial charge in [0.2, 0.25) is 0 Å². The van der Waals surface area contributed by atoms with Gasteiger partial charge >= 0.3 is 0 Å². The van der Waals surface area contributed by atoms with Crippen LogP contribution < -0.4 is 0 Å². The van der Waals surface area contributed by atoms with E-state index in [4.69, 9.17) is 0 Å². The van der Waals surface area contributed by atoms with Gasteiger partial charge in [0, 0.05) is 0 Å². The zero-order chi connectivity index (χ0) is 11.1. The Balaban J connectivity index is 2.11. The molecule has 0 radical (unpaired) electrons. The molecular weight excluding hydrogens is 196 g/mol. The first-order chi connectivity index (χ1) is 7.75. The van der Waals surface area contributed by atoms with Crippen molar-refractivity contribution in [2.75, 3.05) is 0 Å². The molecule has 0 spiro atoms. The first-order valence-corrected chi connectivity index (χ1v) is 6.59. The molecule has 16 heavy (non-hydrogen) atoms. The Morgan fingerprint density at radius 1 is 1.00 bits per heavy atom. The minimum absolute atomic E-state index is 0.210. The van der Waals surface area contributed by atoms with E-state index >= 15 is 0 Å². The van der Waals surface area contributed by atoms with Gasteiger partial charge in [0.05, 0.1) is 6.10 Å². The average Bonchev–Trinajstić information content (AvgIpc) is 2.32. The van der Waals surface area contributed by atoms with Crippen LogP contribution in [0.2, 0.25) is 0 Å². The fourth-order valence-electron chi connectivity index (χ4n) is 3.26. The van der Waals surface area contributed by atoms with Gasteiger partial charge in [-0.05, 0) is 66.7 Å². The van der Waals surface area contributed by atoms with Gasteiger partial charge in [0.15, 0.2) is 0 Å². The second-order valence-electron chi connectivity index (χ2n) is 5.45. The highest BCUT2D eigenvalue weighted by Gasteiger charge is 2.25. The minimum atomic E-state index is -0.210.